The van der Waals surface area contributed by atoms with Crippen molar-refractivity contribution < 1.29 is 4.74 Å². The lowest BCUT2D eigenvalue weighted by Gasteiger charge is -2.14. The molecule has 0 aliphatic heterocycles. The van der Waals surface area contributed by atoms with E-state index in [0.717, 1.165) is 27.0 Å². The molecule has 0 amide bonds. The average molecular weight is 382 g/mol. The van der Waals surface area contributed by atoms with E-state index in [1.807, 2.05) is 30.3 Å². The highest BCUT2D eigenvalue weighted by molar-refractivity contribution is 9.10. The van der Waals surface area contributed by atoms with E-state index in [1.165, 1.54) is 5.56 Å². The minimum Gasteiger partial charge on any atom is -0.489 e. The molecule has 0 heterocycles. The van der Waals surface area contributed by atoms with Crippen LogP contribution >= 0.6 is 15.9 Å². The highest BCUT2D eigenvalue weighted by Gasteiger charge is 2.06. The van der Waals surface area contributed by atoms with Crippen molar-refractivity contribution in [1.82, 2.24) is 0 Å². The molecule has 0 aromatic heterocycles. The van der Waals surface area contributed by atoms with E-state index in [1.54, 1.807) is 0 Å². The van der Waals surface area contributed by atoms with Crippen molar-refractivity contribution in [2.24, 2.45) is 0 Å². The Labute approximate surface area is 151 Å². The number of anilines is 1. The molecule has 0 saturated heterocycles. The van der Waals surface area contributed by atoms with Gasteiger partial charge >= 0.3 is 0 Å². The molecule has 3 heteroatoms. The Morgan fingerprint density at radius 3 is 2.42 bits per heavy atom. The third-order valence-electron chi connectivity index (χ3n) is 3.79. The van der Waals surface area contributed by atoms with Gasteiger partial charge in [-0.25, -0.2) is 0 Å². The summed E-state index contributed by atoms with van der Waals surface area (Å²) >= 11 is 3.54. The molecule has 0 bridgehead atoms. The van der Waals surface area contributed by atoms with Crippen LogP contribution in [0, 0.1) is 6.92 Å². The van der Waals surface area contributed by atoms with Crippen LogP contribution in [0.2, 0.25) is 0 Å². The number of nitrogens with one attached hydrogen (secondary N) is 1. The quantitative estimate of drug-likeness (QED) is 0.569. The van der Waals surface area contributed by atoms with E-state index in [2.05, 4.69) is 70.6 Å². The van der Waals surface area contributed by atoms with Crippen molar-refractivity contribution in [2.75, 3.05) is 5.32 Å². The highest BCUT2D eigenvalue weighted by atomic mass is 79.9. The van der Waals surface area contributed by atoms with E-state index in [4.69, 9.17) is 4.74 Å². The van der Waals surface area contributed by atoms with Gasteiger partial charge in [-0.1, -0.05) is 64.0 Å². The Bertz CT molecular complexity index is 785. The molecule has 0 saturated carbocycles. The zero-order chi connectivity index (χ0) is 16.8. The predicted molar refractivity (Wildman–Crippen MR) is 103 cm³/mol. The largest absolute Gasteiger partial charge is 0.489 e. The molecule has 2 nitrogen and oxygen atoms in total. The van der Waals surface area contributed by atoms with Gasteiger partial charge < -0.3 is 10.1 Å². The summed E-state index contributed by atoms with van der Waals surface area (Å²) in [6.45, 7) is 3.38. The lowest BCUT2D eigenvalue weighted by Crippen LogP contribution is -2.04. The van der Waals surface area contributed by atoms with E-state index in [9.17, 15) is 0 Å². The maximum absolute atomic E-state index is 6.02. The fourth-order valence-electron chi connectivity index (χ4n) is 2.43. The van der Waals surface area contributed by atoms with Crippen molar-refractivity contribution in [3.05, 3.63) is 94.0 Å². The molecular weight excluding hydrogens is 362 g/mol. The van der Waals surface area contributed by atoms with E-state index < -0.39 is 0 Å². The maximum Gasteiger partial charge on any atom is 0.124 e. The lowest BCUT2D eigenvalue weighted by atomic mass is 10.2. The summed E-state index contributed by atoms with van der Waals surface area (Å²) in [6.07, 6.45) is 0. The van der Waals surface area contributed by atoms with Gasteiger partial charge in [0.2, 0.25) is 0 Å². The summed E-state index contributed by atoms with van der Waals surface area (Å²) < 4.78 is 7.08. The van der Waals surface area contributed by atoms with Crippen molar-refractivity contribution in [1.29, 1.82) is 0 Å². The molecule has 3 aromatic carbocycles. The summed E-state index contributed by atoms with van der Waals surface area (Å²) in [7, 11) is 0. The van der Waals surface area contributed by atoms with Crippen LogP contribution in [0.5, 0.6) is 5.75 Å². The summed E-state index contributed by atoms with van der Waals surface area (Å²) in [4.78, 5) is 0. The van der Waals surface area contributed by atoms with Crippen LogP contribution in [-0.4, -0.2) is 0 Å². The fourth-order valence-corrected chi connectivity index (χ4v) is 2.84. The average Bonchev–Trinajstić information content (AvgIpc) is 2.61. The minimum atomic E-state index is 0.569. The first-order valence-electron chi connectivity index (χ1n) is 7.96. The number of hydrogen-bond acceptors (Lipinski definition) is 2. The van der Waals surface area contributed by atoms with Gasteiger partial charge in [0.05, 0.1) is 0 Å². The summed E-state index contributed by atoms with van der Waals surface area (Å²) in [6, 6.07) is 24.7. The molecule has 3 aromatic rings. The topological polar surface area (TPSA) is 21.3 Å². The SMILES string of the molecule is Cc1ccc(NCc2cc(Br)ccc2OCc2ccccc2)cc1. The second-order valence-electron chi connectivity index (χ2n) is 5.75. The van der Waals surface area contributed by atoms with Crippen LogP contribution < -0.4 is 10.1 Å². The highest BCUT2D eigenvalue weighted by Crippen LogP contribution is 2.25. The van der Waals surface area contributed by atoms with E-state index >= 15 is 0 Å². The molecule has 0 aliphatic rings. The molecule has 0 fully saturated rings. The van der Waals surface area contributed by atoms with Crippen molar-refractivity contribution in [2.45, 2.75) is 20.1 Å². The van der Waals surface area contributed by atoms with E-state index in [0.29, 0.717) is 13.2 Å². The number of aryl methyl sites for hydroxylation is 1. The van der Waals surface area contributed by atoms with Crippen molar-refractivity contribution >= 4 is 21.6 Å². The predicted octanol–water partition coefficient (Wildman–Crippen LogP) is 5.95. The first kappa shape index (κ1) is 16.6. The minimum absolute atomic E-state index is 0.569. The first-order chi connectivity index (χ1) is 11.7. The van der Waals surface area contributed by atoms with Crippen molar-refractivity contribution in [3.8, 4) is 5.75 Å². The Kier molecular flexibility index (Phi) is 5.55. The van der Waals surface area contributed by atoms with Crippen LogP contribution in [0.1, 0.15) is 16.7 Å². The third-order valence-corrected chi connectivity index (χ3v) is 4.29. The van der Waals surface area contributed by atoms with Gasteiger partial charge in [-0.15, -0.1) is 0 Å². The molecule has 0 atom stereocenters. The fraction of sp³-hybridized carbons (Fsp3) is 0.143. The number of ether oxygens (including phenoxy) is 1. The second-order valence-corrected chi connectivity index (χ2v) is 6.66. The van der Waals surface area contributed by atoms with Crippen LogP contribution in [0.4, 0.5) is 5.69 Å². The van der Waals surface area contributed by atoms with Gasteiger partial charge in [0.25, 0.3) is 0 Å². The normalized spacial score (nSPS) is 10.4. The number of rotatable bonds is 6. The molecule has 1 N–H and O–H groups in total. The molecular formula is C21H20BrNO. The van der Waals surface area contributed by atoms with Crippen LogP contribution in [0.15, 0.2) is 77.3 Å². The number of hydrogen-bond donors (Lipinski definition) is 1. The molecule has 0 unspecified atom stereocenters. The van der Waals surface area contributed by atoms with E-state index in [-0.39, 0.29) is 0 Å². The molecule has 3 rings (SSSR count). The molecule has 0 radical (unpaired) electrons. The van der Waals surface area contributed by atoms with Gasteiger partial charge in [-0.05, 0) is 42.8 Å². The van der Waals surface area contributed by atoms with Crippen LogP contribution in [0.25, 0.3) is 0 Å². The smallest absolute Gasteiger partial charge is 0.124 e. The van der Waals surface area contributed by atoms with Crippen LogP contribution in [0.3, 0.4) is 0 Å². The van der Waals surface area contributed by atoms with Gasteiger partial charge in [0, 0.05) is 22.3 Å². The summed E-state index contributed by atoms with van der Waals surface area (Å²) in [5.41, 5.74) is 4.66. The van der Waals surface area contributed by atoms with Gasteiger partial charge in [-0.2, -0.15) is 0 Å². The molecule has 24 heavy (non-hydrogen) atoms. The zero-order valence-corrected chi connectivity index (χ0v) is 15.2. The monoisotopic (exact) mass is 381 g/mol. The lowest BCUT2D eigenvalue weighted by molar-refractivity contribution is 0.303. The Morgan fingerprint density at radius 2 is 1.67 bits per heavy atom. The second kappa shape index (κ2) is 8.02. The summed E-state index contributed by atoms with van der Waals surface area (Å²) in [5.74, 6) is 0.904. The standard InChI is InChI=1S/C21H20BrNO/c1-16-7-10-20(11-8-16)23-14-18-13-19(22)9-12-21(18)24-15-17-5-3-2-4-6-17/h2-13,23H,14-15H2,1H3. The van der Waals surface area contributed by atoms with Gasteiger partial charge in [0.15, 0.2) is 0 Å². The number of halogens is 1. The van der Waals surface area contributed by atoms with Gasteiger partial charge in [-0.3, -0.25) is 0 Å². The van der Waals surface area contributed by atoms with Crippen LogP contribution in [-0.2, 0) is 13.2 Å². The Hall–Kier alpha value is -2.26. The van der Waals surface area contributed by atoms with Gasteiger partial charge in [0.1, 0.15) is 12.4 Å². The Balaban J connectivity index is 1.69. The number of benzene rings is 3. The Morgan fingerprint density at radius 1 is 0.917 bits per heavy atom. The summed E-state index contributed by atoms with van der Waals surface area (Å²) in [5, 5.41) is 3.45. The van der Waals surface area contributed by atoms with Crippen molar-refractivity contribution in [3.63, 3.8) is 0 Å². The maximum atomic E-state index is 6.02. The molecule has 122 valence electrons. The molecule has 0 spiro atoms. The first-order valence-corrected chi connectivity index (χ1v) is 8.76. The molecule has 0 aliphatic carbocycles. The zero-order valence-electron chi connectivity index (χ0n) is 13.6. The third kappa shape index (κ3) is 4.62.